The Morgan fingerprint density at radius 2 is 1.88 bits per heavy atom. The van der Waals surface area contributed by atoms with Gasteiger partial charge in [-0.25, -0.2) is 9.97 Å². The quantitative estimate of drug-likeness (QED) is 0.655. The number of anilines is 1. The summed E-state index contributed by atoms with van der Waals surface area (Å²) in [4.78, 5) is 8.70. The summed E-state index contributed by atoms with van der Waals surface area (Å²) in [6.45, 7) is 3.47. The first-order valence-electron chi connectivity index (χ1n) is 8.27. The summed E-state index contributed by atoms with van der Waals surface area (Å²) in [6.07, 6.45) is 4.22. The Kier molecular flexibility index (Phi) is 5.35. The van der Waals surface area contributed by atoms with Crippen molar-refractivity contribution < 1.29 is 14.2 Å². The predicted octanol–water partition coefficient (Wildman–Crippen LogP) is 2.27. The topological polar surface area (TPSA) is 96.2 Å². The largest absolute Gasteiger partial charge is 0.493 e. The van der Waals surface area contributed by atoms with Crippen LogP contribution < -0.4 is 19.5 Å². The van der Waals surface area contributed by atoms with Gasteiger partial charge < -0.3 is 24.1 Å². The molecule has 0 fully saturated rings. The molecule has 0 bridgehead atoms. The molecular weight excluding hydrogens is 336 g/mol. The van der Waals surface area contributed by atoms with Gasteiger partial charge in [-0.05, 0) is 12.5 Å². The predicted molar refractivity (Wildman–Crippen MR) is 96.8 cm³/mol. The van der Waals surface area contributed by atoms with Crippen LogP contribution in [-0.2, 0) is 13.1 Å². The van der Waals surface area contributed by atoms with Crippen molar-refractivity contribution in [2.24, 2.45) is 0 Å². The molecule has 0 spiro atoms. The highest BCUT2D eigenvalue weighted by atomic mass is 16.5. The zero-order chi connectivity index (χ0) is 18.5. The van der Waals surface area contributed by atoms with Crippen LogP contribution in [0, 0.1) is 0 Å². The molecule has 0 aliphatic heterocycles. The number of hydrogen-bond acceptors (Lipinski definition) is 8. The number of benzene rings is 1. The van der Waals surface area contributed by atoms with E-state index in [1.165, 1.54) is 6.33 Å². The van der Waals surface area contributed by atoms with Crippen LogP contribution in [0.3, 0.4) is 0 Å². The Balaban J connectivity index is 2.00. The number of methoxy groups -OCH3 is 3. The van der Waals surface area contributed by atoms with E-state index in [-0.39, 0.29) is 0 Å². The van der Waals surface area contributed by atoms with E-state index in [0.717, 1.165) is 24.2 Å². The first-order valence-corrected chi connectivity index (χ1v) is 8.27. The highest BCUT2D eigenvalue weighted by Crippen LogP contribution is 2.43. The van der Waals surface area contributed by atoms with Crippen LogP contribution in [0.5, 0.6) is 17.2 Å². The molecule has 0 radical (unpaired) electrons. The lowest BCUT2D eigenvalue weighted by Gasteiger charge is -2.15. The molecule has 26 heavy (non-hydrogen) atoms. The summed E-state index contributed by atoms with van der Waals surface area (Å²) in [7, 11) is 4.71. The fraction of sp³-hybridized carbons (Fsp3) is 0.412. The van der Waals surface area contributed by atoms with Gasteiger partial charge >= 0.3 is 0 Å². The second-order valence-electron chi connectivity index (χ2n) is 5.56. The Labute approximate surface area is 151 Å². The molecule has 2 aromatic heterocycles. The molecule has 0 aliphatic carbocycles. The first kappa shape index (κ1) is 17.7. The van der Waals surface area contributed by atoms with Crippen LogP contribution >= 0.6 is 0 Å². The number of rotatable bonds is 8. The summed E-state index contributed by atoms with van der Waals surface area (Å²) in [5, 5.41) is 12.2. The van der Waals surface area contributed by atoms with Crippen molar-refractivity contribution in [3.63, 3.8) is 0 Å². The molecule has 0 unspecified atom stereocenters. The van der Waals surface area contributed by atoms with Crippen molar-refractivity contribution in [3.8, 4) is 17.2 Å². The molecule has 0 atom stereocenters. The van der Waals surface area contributed by atoms with Gasteiger partial charge in [-0.2, -0.15) is 0 Å². The van der Waals surface area contributed by atoms with Crippen molar-refractivity contribution in [3.05, 3.63) is 24.5 Å². The number of nitrogens with one attached hydrogen (secondary N) is 1. The summed E-state index contributed by atoms with van der Waals surface area (Å²) < 4.78 is 18.4. The second-order valence-corrected chi connectivity index (χ2v) is 5.56. The van der Waals surface area contributed by atoms with Crippen molar-refractivity contribution in [2.45, 2.75) is 26.4 Å². The monoisotopic (exact) mass is 358 g/mol. The minimum absolute atomic E-state index is 0.489. The Hall–Kier alpha value is -3.10. The summed E-state index contributed by atoms with van der Waals surface area (Å²) in [6, 6.07) is 1.83. The summed E-state index contributed by atoms with van der Waals surface area (Å²) in [5.74, 6) is 3.03. The SMILES string of the molecule is CCCn1cnnc1CNc1ncnc2c(OC)c(OC)c(OC)cc12. The van der Waals surface area contributed by atoms with E-state index in [1.807, 2.05) is 10.6 Å². The van der Waals surface area contributed by atoms with E-state index in [1.54, 1.807) is 27.7 Å². The highest BCUT2D eigenvalue weighted by Gasteiger charge is 2.19. The molecule has 0 amide bonds. The fourth-order valence-electron chi connectivity index (χ4n) is 2.81. The van der Waals surface area contributed by atoms with Crippen LogP contribution in [0.4, 0.5) is 5.82 Å². The fourth-order valence-corrected chi connectivity index (χ4v) is 2.81. The molecule has 138 valence electrons. The molecule has 3 rings (SSSR count). The maximum atomic E-state index is 5.50. The summed E-state index contributed by atoms with van der Waals surface area (Å²) in [5.41, 5.74) is 0.637. The van der Waals surface area contributed by atoms with Crippen LogP contribution in [0.25, 0.3) is 10.9 Å². The average molecular weight is 358 g/mol. The summed E-state index contributed by atoms with van der Waals surface area (Å²) >= 11 is 0. The number of ether oxygens (including phenoxy) is 3. The maximum Gasteiger partial charge on any atom is 0.205 e. The molecule has 1 aromatic carbocycles. The first-order chi connectivity index (χ1) is 12.7. The Morgan fingerprint density at radius 3 is 2.58 bits per heavy atom. The van der Waals surface area contributed by atoms with E-state index in [9.17, 15) is 0 Å². The number of hydrogen-bond donors (Lipinski definition) is 1. The van der Waals surface area contributed by atoms with Crippen LogP contribution in [0.2, 0.25) is 0 Å². The molecular formula is C17H22N6O3. The molecule has 0 saturated carbocycles. The van der Waals surface area contributed by atoms with E-state index >= 15 is 0 Å². The third-order valence-corrected chi connectivity index (χ3v) is 4.01. The van der Waals surface area contributed by atoms with Crippen molar-refractivity contribution in [1.29, 1.82) is 0 Å². The van der Waals surface area contributed by atoms with Crippen molar-refractivity contribution in [1.82, 2.24) is 24.7 Å². The molecule has 0 saturated heterocycles. The van der Waals surface area contributed by atoms with Crippen molar-refractivity contribution >= 4 is 16.7 Å². The Morgan fingerprint density at radius 1 is 1.08 bits per heavy atom. The zero-order valence-corrected chi connectivity index (χ0v) is 15.3. The van der Waals surface area contributed by atoms with Gasteiger partial charge in [0.1, 0.15) is 24.0 Å². The minimum atomic E-state index is 0.489. The molecule has 9 heteroatoms. The van der Waals surface area contributed by atoms with E-state index in [0.29, 0.717) is 35.1 Å². The van der Waals surface area contributed by atoms with Gasteiger partial charge in [-0.1, -0.05) is 6.92 Å². The van der Waals surface area contributed by atoms with Crippen LogP contribution in [0.1, 0.15) is 19.2 Å². The van der Waals surface area contributed by atoms with Gasteiger partial charge in [-0.15, -0.1) is 10.2 Å². The lowest BCUT2D eigenvalue weighted by Crippen LogP contribution is -2.10. The number of nitrogens with zero attached hydrogens (tertiary/aromatic N) is 5. The average Bonchev–Trinajstić information content (AvgIpc) is 3.11. The third kappa shape index (κ3) is 3.19. The van der Waals surface area contributed by atoms with Gasteiger partial charge in [0.2, 0.25) is 5.75 Å². The molecule has 1 N–H and O–H groups in total. The Bertz CT molecular complexity index is 896. The van der Waals surface area contributed by atoms with Gasteiger partial charge in [0.05, 0.1) is 33.3 Å². The molecule has 9 nitrogen and oxygen atoms in total. The van der Waals surface area contributed by atoms with Crippen LogP contribution in [-0.4, -0.2) is 46.1 Å². The van der Waals surface area contributed by atoms with Gasteiger partial charge in [0, 0.05) is 6.54 Å². The van der Waals surface area contributed by atoms with Crippen molar-refractivity contribution in [2.75, 3.05) is 26.6 Å². The zero-order valence-electron chi connectivity index (χ0n) is 15.3. The normalized spacial score (nSPS) is 10.8. The lowest BCUT2D eigenvalue weighted by atomic mass is 10.2. The highest BCUT2D eigenvalue weighted by molar-refractivity contribution is 5.96. The van der Waals surface area contributed by atoms with E-state index in [2.05, 4.69) is 32.4 Å². The molecule has 0 aliphatic rings. The number of aryl methyl sites for hydroxylation is 1. The van der Waals surface area contributed by atoms with Gasteiger partial charge in [-0.3, -0.25) is 0 Å². The smallest absolute Gasteiger partial charge is 0.205 e. The molecule has 3 aromatic rings. The number of aromatic nitrogens is 5. The van der Waals surface area contributed by atoms with Gasteiger partial charge in [0.25, 0.3) is 0 Å². The lowest BCUT2D eigenvalue weighted by molar-refractivity contribution is 0.327. The van der Waals surface area contributed by atoms with Gasteiger partial charge in [0.15, 0.2) is 17.3 Å². The van der Waals surface area contributed by atoms with E-state index in [4.69, 9.17) is 14.2 Å². The number of fused-ring (bicyclic) bond motifs is 1. The third-order valence-electron chi connectivity index (χ3n) is 4.01. The van der Waals surface area contributed by atoms with E-state index < -0.39 is 0 Å². The second kappa shape index (κ2) is 7.85. The minimum Gasteiger partial charge on any atom is -0.493 e. The maximum absolute atomic E-state index is 5.50. The molecule has 2 heterocycles. The van der Waals surface area contributed by atoms with Crippen LogP contribution in [0.15, 0.2) is 18.7 Å². The standard InChI is InChI=1S/C17H22N6O3/c1-5-6-23-10-21-22-13(23)8-18-17-11-7-12(24-2)15(25-3)16(26-4)14(11)19-9-20-17/h7,9-10H,5-6,8H2,1-4H3,(H,18,19,20).